The molecule has 5 nitrogen and oxygen atoms in total. The number of amides is 1. The predicted molar refractivity (Wildman–Crippen MR) is 53.0 cm³/mol. The van der Waals surface area contributed by atoms with Crippen LogP contribution >= 0.6 is 0 Å². The first-order chi connectivity index (χ1) is 6.60. The van der Waals surface area contributed by atoms with E-state index in [0.29, 0.717) is 6.54 Å². The zero-order valence-electron chi connectivity index (χ0n) is 8.67. The van der Waals surface area contributed by atoms with Crippen LogP contribution in [0.15, 0.2) is 0 Å². The van der Waals surface area contributed by atoms with Crippen molar-refractivity contribution in [1.29, 1.82) is 0 Å². The first-order valence-electron chi connectivity index (χ1n) is 4.73. The van der Waals surface area contributed by atoms with E-state index in [0.717, 1.165) is 6.42 Å². The molecule has 0 heterocycles. The lowest BCUT2D eigenvalue weighted by Crippen LogP contribution is -2.35. The van der Waals surface area contributed by atoms with Crippen LogP contribution in [0.1, 0.15) is 19.8 Å². The smallest absolute Gasteiger partial charge is 0.303 e. The van der Waals surface area contributed by atoms with Crippen LogP contribution in [0, 0.1) is 5.92 Å². The first-order valence-corrected chi connectivity index (χ1v) is 4.73. The molecule has 0 aromatic rings. The lowest BCUT2D eigenvalue weighted by molar-refractivity contribution is -0.138. The van der Waals surface area contributed by atoms with Crippen LogP contribution < -0.4 is 10.6 Å². The average molecular weight is 202 g/mol. The lowest BCUT2D eigenvalue weighted by atomic mass is 10.0. The summed E-state index contributed by atoms with van der Waals surface area (Å²) in [5.74, 6) is -0.899. The second-order valence-corrected chi connectivity index (χ2v) is 3.21. The fraction of sp³-hybridized carbons (Fsp3) is 0.778. The number of carbonyl (C=O) groups excluding carboxylic acids is 1. The minimum Gasteiger partial charge on any atom is -0.481 e. The van der Waals surface area contributed by atoms with Crippen LogP contribution in [0.5, 0.6) is 0 Å². The number of hydrogen-bond acceptors (Lipinski definition) is 3. The van der Waals surface area contributed by atoms with Gasteiger partial charge in [0.05, 0.1) is 6.54 Å². The summed E-state index contributed by atoms with van der Waals surface area (Å²) in [6, 6.07) is 0. The highest BCUT2D eigenvalue weighted by Crippen LogP contribution is 2.05. The van der Waals surface area contributed by atoms with Crippen molar-refractivity contribution in [3.63, 3.8) is 0 Å². The van der Waals surface area contributed by atoms with Crippen LogP contribution in [0.2, 0.25) is 0 Å². The Morgan fingerprint density at radius 1 is 1.43 bits per heavy atom. The van der Waals surface area contributed by atoms with Gasteiger partial charge in [0.1, 0.15) is 0 Å². The van der Waals surface area contributed by atoms with E-state index in [2.05, 4.69) is 10.6 Å². The number of likely N-dealkylation sites (N-methyl/N-ethyl adjacent to an activating group) is 1. The van der Waals surface area contributed by atoms with Crippen molar-refractivity contribution in [1.82, 2.24) is 10.6 Å². The summed E-state index contributed by atoms with van der Waals surface area (Å²) in [5, 5.41) is 14.0. The SMILES string of the molecule is CCC(CNC(=O)CNC)CC(=O)O. The summed E-state index contributed by atoms with van der Waals surface area (Å²) in [4.78, 5) is 21.4. The monoisotopic (exact) mass is 202 g/mol. The molecule has 0 fully saturated rings. The van der Waals surface area contributed by atoms with Crippen molar-refractivity contribution in [2.24, 2.45) is 5.92 Å². The zero-order chi connectivity index (χ0) is 11.0. The van der Waals surface area contributed by atoms with Gasteiger partial charge < -0.3 is 15.7 Å². The van der Waals surface area contributed by atoms with Gasteiger partial charge in [-0.2, -0.15) is 0 Å². The van der Waals surface area contributed by atoms with Crippen molar-refractivity contribution < 1.29 is 14.7 Å². The molecule has 1 amide bonds. The molecular formula is C9H18N2O3. The second-order valence-electron chi connectivity index (χ2n) is 3.21. The van der Waals surface area contributed by atoms with Gasteiger partial charge in [-0.15, -0.1) is 0 Å². The molecule has 0 aromatic heterocycles. The fourth-order valence-electron chi connectivity index (χ4n) is 1.09. The van der Waals surface area contributed by atoms with Crippen molar-refractivity contribution >= 4 is 11.9 Å². The maximum atomic E-state index is 11.0. The van der Waals surface area contributed by atoms with E-state index in [1.54, 1.807) is 7.05 Å². The maximum Gasteiger partial charge on any atom is 0.303 e. The molecule has 0 rings (SSSR count). The summed E-state index contributed by atoms with van der Waals surface area (Å²) in [7, 11) is 1.69. The molecule has 0 spiro atoms. The Morgan fingerprint density at radius 3 is 2.50 bits per heavy atom. The third kappa shape index (κ3) is 6.42. The maximum absolute atomic E-state index is 11.0. The second kappa shape index (κ2) is 7.32. The normalized spacial score (nSPS) is 12.1. The molecule has 5 heteroatoms. The quantitative estimate of drug-likeness (QED) is 0.535. The van der Waals surface area contributed by atoms with E-state index >= 15 is 0 Å². The average Bonchev–Trinajstić information content (AvgIpc) is 2.12. The van der Waals surface area contributed by atoms with Crippen molar-refractivity contribution in [3.8, 4) is 0 Å². The summed E-state index contributed by atoms with van der Waals surface area (Å²) < 4.78 is 0. The molecule has 3 N–H and O–H groups in total. The molecule has 0 aliphatic carbocycles. The van der Waals surface area contributed by atoms with E-state index in [-0.39, 0.29) is 24.8 Å². The van der Waals surface area contributed by atoms with Crippen molar-refractivity contribution in [2.45, 2.75) is 19.8 Å². The Hall–Kier alpha value is -1.10. The molecule has 0 saturated carbocycles. The van der Waals surface area contributed by atoms with Gasteiger partial charge in [0.15, 0.2) is 0 Å². The Labute approximate surface area is 83.9 Å². The van der Waals surface area contributed by atoms with E-state index in [9.17, 15) is 9.59 Å². The standard InChI is InChI=1S/C9H18N2O3/c1-3-7(4-9(13)14)5-11-8(12)6-10-2/h7,10H,3-6H2,1-2H3,(H,11,12)(H,13,14). The number of rotatable bonds is 7. The van der Waals surface area contributed by atoms with E-state index < -0.39 is 5.97 Å². The molecule has 14 heavy (non-hydrogen) atoms. The molecule has 0 aliphatic rings. The van der Waals surface area contributed by atoms with Gasteiger partial charge in [0.2, 0.25) is 5.91 Å². The molecule has 82 valence electrons. The molecular weight excluding hydrogens is 184 g/mol. The topological polar surface area (TPSA) is 78.4 Å². The van der Waals surface area contributed by atoms with Crippen LogP contribution in [0.25, 0.3) is 0 Å². The third-order valence-electron chi connectivity index (χ3n) is 1.97. The Balaban J connectivity index is 3.71. The van der Waals surface area contributed by atoms with Gasteiger partial charge in [-0.1, -0.05) is 13.3 Å². The van der Waals surface area contributed by atoms with Crippen LogP contribution in [-0.2, 0) is 9.59 Å². The number of carbonyl (C=O) groups is 2. The number of aliphatic carboxylic acids is 1. The van der Waals surface area contributed by atoms with Gasteiger partial charge in [0.25, 0.3) is 0 Å². The third-order valence-corrected chi connectivity index (χ3v) is 1.97. The minimum atomic E-state index is -0.820. The van der Waals surface area contributed by atoms with E-state index in [1.807, 2.05) is 6.92 Å². The van der Waals surface area contributed by atoms with Gasteiger partial charge >= 0.3 is 5.97 Å². The highest BCUT2D eigenvalue weighted by Gasteiger charge is 2.11. The fourth-order valence-corrected chi connectivity index (χ4v) is 1.09. The number of hydrogen-bond donors (Lipinski definition) is 3. The number of carboxylic acids is 1. The molecule has 0 radical (unpaired) electrons. The van der Waals surface area contributed by atoms with Crippen LogP contribution in [0.4, 0.5) is 0 Å². The summed E-state index contributed by atoms with van der Waals surface area (Å²) in [6.45, 7) is 2.62. The summed E-state index contributed by atoms with van der Waals surface area (Å²) in [6.07, 6.45) is 0.864. The molecule has 0 bridgehead atoms. The van der Waals surface area contributed by atoms with Crippen LogP contribution in [-0.4, -0.2) is 37.1 Å². The van der Waals surface area contributed by atoms with Crippen molar-refractivity contribution in [2.75, 3.05) is 20.1 Å². The molecule has 0 aromatic carbocycles. The highest BCUT2D eigenvalue weighted by atomic mass is 16.4. The summed E-state index contributed by atoms with van der Waals surface area (Å²) >= 11 is 0. The highest BCUT2D eigenvalue weighted by molar-refractivity contribution is 5.78. The largest absolute Gasteiger partial charge is 0.481 e. The number of carboxylic acid groups (broad SMARTS) is 1. The Morgan fingerprint density at radius 2 is 2.07 bits per heavy atom. The van der Waals surface area contributed by atoms with Crippen LogP contribution in [0.3, 0.4) is 0 Å². The van der Waals surface area contributed by atoms with Gasteiger partial charge in [-0.05, 0) is 13.0 Å². The molecule has 0 saturated heterocycles. The Kier molecular flexibility index (Phi) is 6.74. The molecule has 0 aliphatic heterocycles. The van der Waals surface area contributed by atoms with E-state index in [4.69, 9.17) is 5.11 Å². The van der Waals surface area contributed by atoms with Gasteiger partial charge in [0, 0.05) is 13.0 Å². The van der Waals surface area contributed by atoms with Crippen molar-refractivity contribution in [3.05, 3.63) is 0 Å². The number of nitrogens with one attached hydrogen (secondary N) is 2. The molecule has 1 unspecified atom stereocenters. The first kappa shape index (κ1) is 12.9. The molecule has 1 atom stereocenters. The zero-order valence-corrected chi connectivity index (χ0v) is 8.67. The minimum absolute atomic E-state index is 0.0216. The Bertz CT molecular complexity index is 194. The predicted octanol–water partition coefficient (Wildman–Crippen LogP) is -0.177. The van der Waals surface area contributed by atoms with E-state index in [1.165, 1.54) is 0 Å². The lowest BCUT2D eigenvalue weighted by Gasteiger charge is -2.13. The summed E-state index contributed by atoms with van der Waals surface area (Å²) in [5.41, 5.74) is 0. The van der Waals surface area contributed by atoms with Gasteiger partial charge in [-0.3, -0.25) is 9.59 Å². The van der Waals surface area contributed by atoms with Gasteiger partial charge in [-0.25, -0.2) is 0 Å².